The summed E-state index contributed by atoms with van der Waals surface area (Å²) < 4.78 is 5.63. The molecule has 3 aliphatic rings. The topological polar surface area (TPSA) is 107 Å². The molecule has 2 fully saturated rings. The van der Waals surface area contributed by atoms with Gasteiger partial charge in [-0.2, -0.15) is 0 Å². The van der Waals surface area contributed by atoms with E-state index >= 15 is 0 Å². The number of rotatable bonds is 3. The van der Waals surface area contributed by atoms with Gasteiger partial charge in [0.15, 0.2) is 0 Å². The zero-order valence-electron chi connectivity index (χ0n) is 11.8. The number of ether oxygens (including phenoxy) is 1. The number of amides is 2. The predicted octanol–water partition coefficient (Wildman–Crippen LogP) is -1.14. The fourth-order valence-electron chi connectivity index (χ4n) is 3.71. The van der Waals surface area contributed by atoms with Crippen molar-refractivity contribution in [2.45, 2.75) is 11.7 Å². The number of carboxylic acid groups (broad SMARTS) is 1. The minimum Gasteiger partial charge on any atom is -0.545 e. The first-order chi connectivity index (χ1) is 11.0. The van der Waals surface area contributed by atoms with Crippen LogP contribution in [0.15, 0.2) is 36.4 Å². The minimum atomic E-state index is -1.39. The van der Waals surface area contributed by atoms with E-state index in [9.17, 15) is 24.6 Å². The lowest BCUT2D eigenvalue weighted by Gasteiger charge is -2.26. The first-order valence-electron chi connectivity index (χ1n) is 7.16. The van der Waals surface area contributed by atoms with Gasteiger partial charge in [-0.25, -0.2) is 4.90 Å². The summed E-state index contributed by atoms with van der Waals surface area (Å²) in [5.74, 6) is -3.80. The summed E-state index contributed by atoms with van der Waals surface area (Å²) in [6, 6.07) is 5.49. The van der Waals surface area contributed by atoms with Gasteiger partial charge in [0.25, 0.3) is 0 Å². The van der Waals surface area contributed by atoms with E-state index in [1.54, 1.807) is 12.2 Å². The molecule has 118 valence electrons. The molecule has 7 nitrogen and oxygen atoms in total. The number of aliphatic hydroxyl groups excluding tert-OH is 1. The first kappa shape index (κ1) is 14.1. The third-order valence-corrected chi connectivity index (χ3v) is 4.74. The van der Waals surface area contributed by atoms with Crippen molar-refractivity contribution in [3.63, 3.8) is 0 Å². The van der Waals surface area contributed by atoms with Crippen LogP contribution >= 0.6 is 0 Å². The number of carboxylic acids is 1. The van der Waals surface area contributed by atoms with Crippen LogP contribution in [0.25, 0.3) is 0 Å². The molecule has 2 bridgehead atoms. The highest BCUT2D eigenvalue weighted by molar-refractivity contribution is 6.23. The fourth-order valence-corrected chi connectivity index (χ4v) is 3.71. The summed E-state index contributed by atoms with van der Waals surface area (Å²) in [5.41, 5.74) is -1.10. The van der Waals surface area contributed by atoms with Gasteiger partial charge < -0.3 is 19.7 Å². The largest absolute Gasteiger partial charge is 0.545 e. The van der Waals surface area contributed by atoms with Gasteiger partial charge in [-0.15, -0.1) is 0 Å². The minimum absolute atomic E-state index is 0.116. The van der Waals surface area contributed by atoms with Crippen LogP contribution in [-0.4, -0.2) is 41.2 Å². The van der Waals surface area contributed by atoms with Crippen LogP contribution in [0.4, 0.5) is 5.69 Å². The Labute approximate surface area is 130 Å². The Morgan fingerprint density at radius 3 is 2.83 bits per heavy atom. The number of hydrogen-bond donors (Lipinski definition) is 1. The molecule has 4 atom stereocenters. The Bertz CT molecular complexity index is 772. The molecule has 3 heterocycles. The molecule has 0 spiro atoms. The summed E-state index contributed by atoms with van der Waals surface area (Å²) in [7, 11) is 0. The summed E-state index contributed by atoms with van der Waals surface area (Å²) in [4.78, 5) is 37.4. The van der Waals surface area contributed by atoms with Gasteiger partial charge in [0.2, 0.25) is 11.8 Å². The molecule has 7 heteroatoms. The van der Waals surface area contributed by atoms with Gasteiger partial charge in [0.05, 0.1) is 36.2 Å². The average molecular weight is 314 g/mol. The quantitative estimate of drug-likeness (QED) is 0.558. The number of aromatic carboxylic acids is 1. The number of imide groups is 1. The maximum atomic E-state index is 12.7. The lowest BCUT2D eigenvalue weighted by atomic mass is 9.77. The number of anilines is 1. The normalized spacial score (nSPS) is 34.3. The predicted molar refractivity (Wildman–Crippen MR) is 74.1 cm³/mol. The van der Waals surface area contributed by atoms with Crippen molar-refractivity contribution in [3.8, 4) is 0 Å². The Morgan fingerprint density at radius 2 is 2.13 bits per heavy atom. The lowest BCUT2D eigenvalue weighted by molar-refractivity contribution is -0.255. The number of carbonyl (C=O) groups is 3. The maximum Gasteiger partial charge on any atom is 0.241 e. The Hall–Kier alpha value is -2.51. The number of benzene rings is 1. The zero-order chi connectivity index (χ0) is 16.4. The summed E-state index contributed by atoms with van der Waals surface area (Å²) in [5, 5.41) is 20.6. The SMILES string of the molecule is O=C([O-])c1cccc(N2C(=O)[C@@H]3[C@@H]4C=C[C@](CO)(O4)[C@@H]3C2=O)c1. The van der Waals surface area contributed by atoms with Gasteiger partial charge >= 0.3 is 0 Å². The highest BCUT2D eigenvalue weighted by Crippen LogP contribution is 2.52. The van der Waals surface area contributed by atoms with Crippen LogP contribution in [0.1, 0.15) is 10.4 Å². The van der Waals surface area contributed by atoms with Gasteiger partial charge in [-0.1, -0.05) is 24.3 Å². The molecule has 4 rings (SSSR count). The fraction of sp³-hybridized carbons (Fsp3) is 0.312. The summed E-state index contributed by atoms with van der Waals surface area (Å²) in [6.45, 7) is -0.396. The van der Waals surface area contributed by atoms with Crippen LogP contribution in [0, 0.1) is 11.8 Å². The van der Waals surface area contributed by atoms with Crippen LogP contribution in [0.2, 0.25) is 0 Å². The molecular weight excluding hydrogens is 302 g/mol. The van der Waals surface area contributed by atoms with E-state index in [0.717, 1.165) is 4.90 Å². The van der Waals surface area contributed by atoms with Crippen molar-refractivity contribution in [2.24, 2.45) is 11.8 Å². The molecule has 0 aromatic heterocycles. The third-order valence-electron chi connectivity index (χ3n) is 4.74. The van der Waals surface area contributed by atoms with Gasteiger partial charge in [-0.05, 0) is 17.7 Å². The van der Waals surface area contributed by atoms with E-state index in [2.05, 4.69) is 0 Å². The molecule has 0 unspecified atom stereocenters. The highest BCUT2D eigenvalue weighted by atomic mass is 16.5. The van der Waals surface area contributed by atoms with Crippen LogP contribution in [-0.2, 0) is 14.3 Å². The van der Waals surface area contributed by atoms with E-state index in [0.29, 0.717) is 0 Å². The average Bonchev–Trinajstić information content (AvgIpc) is 3.18. The smallest absolute Gasteiger partial charge is 0.241 e. The molecule has 2 amide bonds. The van der Waals surface area contributed by atoms with E-state index in [-0.39, 0.29) is 11.3 Å². The molecule has 3 aliphatic heterocycles. The van der Waals surface area contributed by atoms with Crippen molar-refractivity contribution in [1.29, 1.82) is 0 Å². The molecule has 0 radical (unpaired) electrons. The third kappa shape index (κ3) is 1.68. The van der Waals surface area contributed by atoms with Crippen LogP contribution in [0.3, 0.4) is 0 Å². The summed E-state index contributed by atoms with van der Waals surface area (Å²) >= 11 is 0. The number of nitrogens with zero attached hydrogens (tertiary/aromatic N) is 1. The van der Waals surface area contributed by atoms with Crippen molar-refractivity contribution in [2.75, 3.05) is 11.5 Å². The van der Waals surface area contributed by atoms with Gasteiger partial charge in [0.1, 0.15) is 5.60 Å². The Kier molecular flexibility index (Phi) is 2.76. The molecule has 0 saturated carbocycles. The van der Waals surface area contributed by atoms with Crippen molar-refractivity contribution >= 4 is 23.5 Å². The van der Waals surface area contributed by atoms with Gasteiger partial charge in [-0.3, -0.25) is 9.59 Å². The second-order valence-electron chi connectivity index (χ2n) is 5.91. The van der Waals surface area contributed by atoms with E-state index < -0.39 is 47.9 Å². The number of fused-ring (bicyclic) bond motifs is 5. The van der Waals surface area contributed by atoms with Gasteiger partial charge in [0, 0.05) is 0 Å². The number of aliphatic hydroxyl groups is 1. The second kappa shape index (κ2) is 4.50. The molecule has 1 N–H and O–H groups in total. The second-order valence-corrected chi connectivity index (χ2v) is 5.91. The molecule has 2 saturated heterocycles. The first-order valence-corrected chi connectivity index (χ1v) is 7.16. The summed E-state index contributed by atoms with van der Waals surface area (Å²) in [6.07, 6.45) is 2.77. The Morgan fingerprint density at radius 1 is 1.35 bits per heavy atom. The monoisotopic (exact) mass is 314 g/mol. The molecule has 23 heavy (non-hydrogen) atoms. The molecule has 1 aromatic rings. The molecule has 1 aromatic carbocycles. The van der Waals surface area contributed by atoms with E-state index in [1.165, 1.54) is 24.3 Å². The lowest BCUT2D eigenvalue weighted by Crippen LogP contribution is -2.43. The van der Waals surface area contributed by atoms with Crippen molar-refractivity contribution in [1.82, 2.24) is 0 Å². The zero-order valence-corrected chi connectivity index (χ0v) is 11.8. The van der Waals surface area contributed by atoms with Crippen LogP contribution < -0.4 is 10.0 Å². The molecular formula is C16H12NO6-. The van der Waals surface area contributed by atoms with Crippen molar-refractivity contribution in [3.05, 3.63) is 42.0 Å². The van der Waals surface area contributed by atoms with Crippen LogP contribution in [0.5, 0.6) is 0 Å². The molecule has 0 aliphatic carbocycles. The van der Waals surface area contributed by atoms with Crippen molar-refractivity contribution < 1.29 is 29.3 Å². The van der Waals surface area contributed by atoms with E-state index in [4.69, 9.17) is 4.74 Å². The maximum absolute atomic E-state index is 12.7. The van der Waals surface area contributed by atoms with E-state index in [1.807, 2.05) is 0 Å². The number of carbonyl (C=O) groups excluding carboxylic acids is 3. The number of hydrogen-bond acceptors (Lipinski definition) is 6. The highest BCUT2D eigenvalue weighted by Gasteiger charge is 2.67. The Balaban J connectivity index is 1.76. The standard InChI is InChI=1S/C16H13NO6/c18-7-16-5-4-10(23-16)11-12(16)14(20)17(13(11)19)9-3-1-2-8(6-9)15(21)22/h1-6,10-12,18H,7H2,(H,21,22)/p-1/t10-,11+,12-,16+/m0/s1.